The minimum absolute atomic E-state index is 0.0187. The molecule has 1 aliphatic heterocycles. The molecule has 0 bridgehead atoms. The molecule has 1 atom stereocenters. The molecule has 4 N–H and O–H groups in total. The lowest BCUT2D eigenvalue weighted by atomic mass is 10.0. The lowest BCUT2D eigenvalue weighted by molar-refractivity contribution is -0.125. The highest BCUT2D eigenvalue weighted by Crippen LogP contribution is 2.14. The zero-order chi connectivity index (χ0) is 11.5. The lowest BCUT2D eigenvalue weighted by Gasteiger charge is -2.25. The van der Waals surface area contributed by atoms with Gasteiger partial charge in [-0.1, -0.05) is 5.16 Å². The Morgan fingerprint density at radius 2 is 2.33 bits per heavy atom. The van der Waals surface area contributed by atoms with Gasteiger partial charge in [0.05, 0.1) is 18.1 Å². The molecule has 1 unspecified atom stereocenters. The molecule has 0 aliphatic carbocycles. The van der Waals surface area contributed by atoms with Crippen molar-refractivity contribution in [3.63, 3.8) is 0 Å². The van der Waals surface area contributed by atoms with Crippen LogP contribution >= 0.6 is 0 Å². The number of nitrogens with two attached hydrogens (primary N) is 1. The molecule has 1 amide bonds. The van der Waals surface area contributed by atoms with Crippen LogP contribution in [0.4, 0.5) is 0 Å². The normalized spacial score (nSPS) is 22.8. The number of carbonyl (C=O) groups is 1. The van der Waals surface area contributed by atoms with Gasteiger partial charge in [0.2, 0.25) is 5.91 Å². The number of carbonyl (C=O) groups excluding carboxylic acids is 1. The van der Waals surface area contributed by atoms with Gasteiger partial charge in [0.25, 0.3) is 0 Å². The molecule has 1 rings (SSSR count). The smallest absolute Gasteiger partial charge is 0.226 e. The fourth-order valence-corrected chi connectivity index (χ4v) is 1.34. The second kappa shape index (κ2) is 4.48. The van der Waals surface area contributed by atoms with Gasteiger partial charge in [-0.2, -0.15) is 0 Å². The summed E-state index contributed by atoms with van der Waals surface area (Å²) in [6.45, 7) is 4.41. The standard InChI is InChI=1S/C9H17N3O3/c1-9(2,8(10)12-14)11-7(13)6-3-4-15-5-6/h6,14H,3-5H2,1-2H3,(H2,10,12)(H,11,13). The van der Waals surface area contributed by atoms with Gasteiger partial charge in [0.15, 0.2) is 5.84 Å². The maximum absolute atomic E-state index is 11.7. The van der Waals surface area contributed by atoms with Gasteiger partial charge in [-0.15, -0.1) is 0 Å². The van der Waals surface area contributed by atoms with Crippen molar-refractivity contribution in [3.8, 4) is 0 Å². The van der Waals surface area contributed by atoms with Crippen LogP contribution in [0.15, 0.2) is 5.16 Å². The molecule has 1 saturated heterocycles. The van der Waals surface area contributed by atoms with E-state index in [0.717, 1.165) is 6.42 Å². The average molecular weight is 215 g/mol. The van der Waals surface area contributed by atoms with Crippen LogP contribution in [0.1, 0.15) is 20.3 Å². The van der Waals surface area contributed by atoms with Gasteiger partial charge in [-0.05, 0) is 20.3 Å². The molecular formula is C9H17N3O3. The highest BCUT2D eigenvalue weighted by Gasteiger charge is 2.31. The van der Waals surface area contributed by atoms with Crippen molar-refractivity contribution in [1.82, 2.24) is 5.32 Å². The summed E-state index contributed by atoms with van der Waals surface area (Å²) in [5.41, 5.74) is 4.61. The molecule has 1 aliphatic rings. The van der Waals surface area contributed by atoms with Gasteiger partial charge >= 0.3 is 0 Å². The van der Waals surface area contributed by atoms with Gasteiger partial charge in [-0.25, -0.2) is 0 Å². The minimum Gasteiger partial charge on any atom is -0.409 e. The SMILES string of the molecule is CC(C)(NC(=O)C1CCOC1)C(N)=NO. The van der Waals surface area contributed by atoms with Crippen LogP contribution in [-0.2, 0) is 9.53 Å². The van der Waals surface area contributed by atoms with Crippen molar-refractivity contribution < 1.29 is 14.7 Å². The van der Waals surface area contributed by atoms with Gasteiger partial charge in [0, 0.05) is 6.61 Å². The number of amidine groups is 1. The van der Waals surface area contributed by atoms with Crippen molar-refractivity contribution in [2.45, 2.75) is 25.8 Å². The fourth-order valence-electron chi connectivity index (χ4n) is 1.34. The summed E-state index contributed by atoms with van der Waals surface area (Å²) in [7, 11) is 0. The van der Waals surface area contributed by atoms with Gasteiger partial charge in [-0.3, -0.25) is 4.79 Å². The fraction of sp³-hybridized carbons (Fsp3) is 0.778. The first-order valence-corrected chi connectivity index (χ1v) is 4.85. The van der Waals surface area contributed by atoms with Crippen molar-refractivity contribution >= 4 is 11.7 Å². The number of nitrogens with one attached hydrogen (secondary N) is 1. The monoisotopic (exact) mass is 215 g/mol. The molecule has 86 valence electrons. The Morgan fingerprint density at radius 3 is 2.80 bits per heavy atom. The highest BCUT2D eigenvalue weighted by molar-refractivity contribution is 5.93. The zero-order valence-electron chi connectivity index (χ0n) is 8.99. The predicted octanol–water partition coefficient (Wildman–Crippen LogP) is -0.336. The van der Waals surface area contributed by atoms with E-state index in [1.54, 1.807) is 13.8 Å². The molecule has 0 aromatic rings. The summed E-state index contributed by atoms with van der Waals surface area (Å²) in [5, 5.41) is 14.1. The topological polar surface area (TPSA) is 96.9 Å². The number of hydrogen-bond acceptors (Lipinski definition) is 4. The number of rotatable bonds is 3. The third kappa shape index (κ3) is 2.82. The van der Waals surface area contributed by atoms with E-state index in [1.807, 2.05) is 0 Å². The largest absolute Gasteiger partial charge is 0.409 e. The Balaban J connectivity index is 2.56. The predicted molar refractivity (Wildman–Crippen MR) is 54.6 cm³/mol. The van der Waals surface area contributed by atoms with Crippen molar-refractivity contribution in [3.05, 3.63) is 0 Å². The quantitative estimate of drug-likeness (QED) is 0.260. The average Bonchev–Trinajstić information content (AvgIpc) is 2.68. The van der Waals surface area contributed by atoms with Crippen LogP contribution in [-0.4, -0.2) is 35.7 Å². The van der Waals surface area contributed by atoms with E-state index < -0.39 is 5.54 Å². The number of nitrogens with zero attached hydrogens (tertiary/aromatic N) is 1. The summed E-state index contributed by atoms with van der Waals surface area (Å²) in [6.07, 6.45) is 0.720. The molecule has 6 heteroatoms. The Labute approximate surface area is 88.5 Å². The maximum atomic E-state index is 11.7. The number of ether oxygens (including phenoxy) is 1. The van der Waals surface area contributed by atoms with Crippen LogP contribution in [0.2, 0.25) is 0 Å². The van der Waals surface area contributed by atoms with Gasteiger partial charge in [0.1, 0.15) is 0 Å². The maximum Gasteiger partial charge on any atom is 0.226 e. The van der Waals surface area contributed by atoms with E-state index in [1.165, 1.54) is 0 Å². The molecule has 1 fully saturated rings. The third-order valence-electron chi connectivity index (χ3n) is 2.48. The molecule has 6 nitrogen and oxygen atoms in total. The van der Waals surface area contributed by atoms with Crippen molar-refractivity contribution in [2.75, 3.05) is 13.2 Å². The first-order valence-electron chi connectivity index (χ1n) is 4.85. The lowest BCUT2D eigenvalue weighted by Crippen LogP contribution is -2.54. The Bertz CT molecular complexity index is 270. The number of amides is 1. The van der Waals surface area contributed by atoms with E-state index in [0.29, 0.717) is 13.2 Å². The first kappa shape index (κ1) is 11.8. The summed E-state index contributed by atoms with van der Waals surface area (Å²) < 4.78 is 5.11. The minimum atomic E-state index is -0.839. The molecule has 0 spiro atoms. The summed E-state index contributed by atoms with van der Waals surface area (Å²) >= 11 is 0. The molecule has 0 saturated carbocycles. The van der Waals surface area contributed by atoms with Crippen LogP contribution in [0.25, 0.3) is 0 Å². The molecule has 1 heterocycles. The Kier molecular flexibility index (Phi) is 3.52. The highest BCUT2D eigenvalue weighted by atomic mass is 16.5. The summed E-state index contributed by atoms with van der Waals surface area (Å²) in [5.74, 6) is -0.269. The molecular weight excluding hydrogens is 198 g/mol. The van der Waals surface area contributed by atoms with Crippen LogP contribution in [0, 0.1) is 5.92 Å². The van der Waals surface area contributed by atoms with E-state index in [-0.39, 0.29) is 17.7 Å². The van der Waals surface area contributed by atoms with Gasteiger partial charge < -0.3 is 21.0 Å². The third-order valence-corrected chi connectivity index (χ3v) is 2.48. The Hall–Kier alpha value is -1.30. The second-order valence-corrected chi connectivity index (χ2v) is 4.16. The van der Waals surface area contributed by atoms with Crippen LogP contribution < -0.4 is 11.1 Å². The van der Waals surface area contributed by atoms with Crippen LogP contribution in [0.5, 0.6) is 0 Å². The Morgan fingerprint density at radius 1 is 1.67 bits per heavy atom. The van der Waals surface area contributed by atoms with Crippen molar-refractivity contribution in [1.29, 1.82) is 0 Å². The number of hydrogen-bond donors (Lipinski definition) is 3. The van der Waals surface area contributed by atoms with E-state index >= 15 is 0 Å². The van der Waals surface area contributed by atoms with E-state index in [4.69, 9.17) is 15.7 Å². The first-order chi connectivity index (χ1) is 6.97. The molecule has 0 radical (unpaired) electrons. The molecule has 0 aromatic carbocycles. The van der Waals surface area contributed by atoms with Crippen molar-refractivity contribution in [2.24, 2.45) is 16.8 Å². The summed E-state index contributed by atoms with van der Waals surface area (Å²) in [4.78, 5) is 11.7. The van der Waals surface area contributed by atoms with E-state index in [9.17, 15) is 4.79 Å². The zero-order valence-corrected chi connectivity index (χ0v) is 8.99. The second-order valence-electron chi connectivity index (χ2n) is 4.16. The van der Waals surface area contributed by atoms with Crippen LogP contribution in [0.3, 0.4) is 0 Å². The summed E-state index contributed by atoms with van der Waals surface area (Å²) in [6, 6.07) is 0. The number of oxime groups is 1. The van der Waals surface area contributed by atoms with E-state index in [2.05, 4.69) is 10.5 Å². The molecule has 15 heavy (non-hydrogen) atoms. The molecule has 0 aromatic heterocycles.